The number of benzene rings is 1. The summed E-state index contributed by atoms with van der Waals surface area (Å²) in [6, 6.07) is 2.12. The third-order valence-corrected chi connectivity index (χ3v) is 2.40. The van der Waals surface area contributed by atoms with Gasteiger partial charge in [0, 0.05) is 18.3 Å². The predicted octanol–water partition coefficient (Wildman–Crippen LogP) is 2.18. The number of carbonyl (C=O) groups is 1. The van der Waals surface area contributed by atoms with Crippen molar-refractivity contribution < 1.29 is 22.4 Å². The van der Waals surface area contributed by atoms with Crippen molar-refractivity contribution in [1.82, 2.24) is 4.98 Å². The molecular formula is C12H6F4N2O2. The lowest BCUT2D eigenvalue weighted by Crippen LogP contribution is -2.17. The zero-order valence-electron chi connectivity index (χ0n) is 9.64. The lowest BCUT2D eigenvalue weighted by atomic mass is 10.2. The van der Waals surface area contributed by atoms with Crippen LogP contribution in [0.25, 0.3) is 0 Å². The molecule has 8 heteroatoms. The van der Waals surface area contributed by atoms with E-state index in [1.807, 2.05) is 0 Å². The van der Waals surface area contributed by atoms with Crippen molar-refractivity contribution in [2.24, 2.45) is 0 Å². The van der Waals surface area contributed by atoms with Crippen LogP contribution < -0.4 is 10.9 Å². The van der Waals surface area contributed by atoms with E-state index in [1.165, 1.54) is 0 Å². The van der Waals surface area contributed by atoms with E-state index in [0.717, 1.165) is 18.3 Å². The van der Waals surface area contributed by atoms with Crippen LogP contribution in [0, 0.1) is 23.3 Å². The van der Waals surface area contributed by atoms with Gasteiger partial charge in [-0.3, -0.25) is 9.59 Å². The minimum atomic E-state index is -1.72. The van der Waals surface area contributed by atoms with E-state index in [1.54, 1.807) is 5.32 Å². The van der Waals surface area contributed by atoms with Crippen molar-refractivity contribution in [2.75, 3.05) is 5.32 Å². The zero-order valence-corrected chi connectivity index (χ0v) is 9.64. The molecule has 104 valence electrons. The van der Waals surface area contributed by atoms with Gasteiger partial charge in [0.05, 0.1) is 5.56 Å². The van der Waals surface area contributed by atoms with Gasteiger partial charge in [-0.25, -0.2) is 17.6 Å². The van der Waals surface area contributed by atoms with E-state index in [0.29, 0.717) is 0 Å². The molecule has 1 aromatic carbocycles. The molecular weight excluding hydrogens is 280 g/mol. The van der Waals surface area contributed by atoms with Crippen LogP contribution in [-0.2, 0) is 0 Å². The lowest BCUT2D eigenvalue weighted by Gasteiger charge is -2.08. The van der Waals surface area contributed by atoms with Gasteiger partial charge in [0.15, 0.2) is 23.3 Å². The van der Waals surface area contributed by atoms with Crippen molar-refractivity contribution in [1.29, 1.82) is 0 Å². The Morgan fingerprint density at radius 3 is 2.15 bits per heavy atom. The van der Waals surface area contributed by atoms with E-state index in [-0.39, 0.29) is 11.6 Å². The van der Waals surface area contributed by atoms with Crippen LogP contribution in [0.2, 0.25) is 0 Å². The number of carbonyl (C=O) groups excluding carboxylic acids is 1. The average molecular weight is 286 g/mol. The van der Waals surface area contributed by atoms with Crippen LogP contribution >= 0.6 is 0 Å². The summed E-state index contributed by atoms with van der Waals surface area (Å²) in [4.78, 5) is 24.6. The van der Waals surface area contributed by atoms with Gasteiger partial charge in [-0.15, -0.1) is 0 Å². The summed E-state index contributed by atoms with van der Waals surface area (Å²) in [5.74, 6) is -7.76. The fraction of sp³-hybridized carbons (Fsp3) is 0. The largest absolute Gasteiger partial charge is 0.328 e. The van der Waals surface area contributed by atoms with Crippen molar-refractivity contribution >= 4 is 11.6 Å². The molecule has 0 aliphatic carbocycles. The van der Waals surface area contributed by atoms with Crippen LogP contribution in [0.15, 0.2) is 29.2 Å². The van der Waals surface area contributed by atoms with Crippen LogP contribution in [0.5, 0.6) is 0 Å². The minimum Gasteiger partial charge on any atom is -0.328 e. The number of aromatic nitrogens is 1. The first kappa shape index (κ1) is 13.8. The first-order valence-electron chi connectivity index (χ1n) is 5.23. The monoisotopic (exact) mass is 286 g/mol. The number of pyridine rings is 1. The van der Waals surface area contributed by atoms with Gasteiger partial charge in [0.1, 0.15) is 5.69 Å². The van der Waals surface area contributed by atoms with Gasteiger partial charge in [-0.05, 0) is 6.07 Å². The molecule has 1 heterocycles. The molecule has 0 radical (unpaired) electrons. The molecule has 0 bridgehead atoms. The summed E-state index contributed by atoms with van der Waals surface area (Å²) >= 11 is 0. The number of nitrogens with one attached hydrogen (secondary N) is 2. The Bertz CT molecular complexity index is 696. The Hall–Kier alpha value is -2.64. The number of hydrogen-bond donors (Lipinski definition) is 2. The summed E-state index contributed by atoms with van der Waals surface area (Å²) in [6.07, 6.45) is 0.989. The van der Waals surface area contributed by atoms with Crippen LogP contribution in [-0.4, -0.2) is 10.9 Å². The number of aromatic amines is 1. The topological polar surface area (TPSA) is 62.0 Å². The molecule has 2 aromatic rings. The third kappa shape index (κ3) is 2.53. The number of halogens is 4. The molecule has 1 amide bonds. The Morgan fingerprint density at radius 1 is 1.05 bits per heavy atom. The fourth-order valence-corrected chi connectivity index (χ4v) is 1.42. The van der Waals surface area contributed by atoms with Crippen molar-refractivity contribution in [3.8, 4) is 0 Å². The molecule has 0 atom stereocenters. The highest BCUT2D eigenvalue weighted by atomic mass is 19.2. The predicted molar refractivity (Wildman–Crippen MR) is 61.3 cm³/mol. The van der Waals surface area contributed by atoms with Crippen molar-refractivity contribution in [3.63, 3.8) is 0 Å². The number of H-pyrrole nitrogens is 1. The molecule has 0 saturated carbocycles. The normalized spacial score (nSPS) is 10.4. The third-order valence-electron chi connectivity index (χ3n) is 2.40. The second-order valence-corrected chi connectivity index (χ2v) is 3.74. The van der Waals surface area contributed by atoms with E-state index in [9.17, 15) is 27.2 Å². The molecule has 4 nitrogen and oxygen atoms in total. The highest BCUT2D eigenvalue weighted by molar-refractivity contribution is 6.04. The molecule has 0 aliphatic heterocycles. The van der Waals surface area contributed by atoms with E-state index >= 15 is 0 Å². The van der Waals surface area contributed by atoms with Gasteiger partial charge in [0.25, 0.3) is 5.91 Å². The standard InChI is InChI=1S/C12H6F4N2O2/c13-6-3-7(14)10(16)11(9(6)15)18-12(20)5-1-2-8(19)17-4-5/h1-4H,(H,17,19)(H,18,20). The second-order valence-electron chi connectivity index (χ2n) is 3.74. The summed E-state index contributed by atoms with van der Waals surface area (Å²) in [6.45, 7) is 0. The Kier molecular flexibility index (Phi) is 3.55. The van der Waals surface area contributed by atoms with Gasteiger partial charge < -0.3 is 10.3 Å². The summed E-state index contributed by atoms with van der Waals surface area (Å²) in [5.41, 5.74) is -1.87. The number of hydrogen-bond acceptors (Lipinski definition) is 2. The van der Waals surface area contributed by atoms with E-state index in [4.69, 9.17) is 0 Å². The number of anilines is 1. The SMILES string of the molecule is O=C(Nc1c(F)c(F)cc(F)c1F)c1ccc(=O)[nH]c1. The Balaban J connectivity index is 2.37. The molecule has 2 N–H and O–H groups in total. The van der Waals surface area contributed by atoms with Crippen LogP contribution in [0.3, 0.4) is 0 Å². The van der Waals surface area contributed by atoms with Crippen LogP contribution in [0.1, 0.15) is 10.4 Å². The van der Waals surface area contributed by atoms with Gasteiger partial charge >= 0.3 is 0 Å². The number of rotatable bonds is 2. The molecule has 0 spiro atoms. The Morgan fingerprint density at radius 2 is 1.65 bits per heavy atom. The highest BCUT2D eigenvalue weighted by Gasteiger charge is 2.21. The highest BCUT2D eigenvalue weighted by Crippen LogP contribution is 2.24. The van der Waals surface area contributed by atoms with Crippen molar-refractivity contribution in [3.05, 3.63) is 63.6 Å². The lowest BCUT2D eigenvalue weighted by molar-refractivity contribution is 0.102. The van der Waals surface area contributed by atoms with Crippen LogP contribution in [0.4, 0.5) is 23.2 Å². The first-order valence-corrected chi connectivity index (χ1v) is 5.23. The molecule has 0 aliphatic rings. The van der Waals surface area contributed by atoms with E-state index < -0.39 is 40.4 Å². The van der Waals surface area contributed by atoms with Crippen molar-refractivity contribution in [2.45, 2.75) is 0 Å². The fourth-order valence-electron chi connectivity index (χ4n) is 1.42. The van der Waals surface area contributed by atoms with Gasteiger partial charge in [-0.2, -0.15) is 0 Å². The molecule has 0 unspecified atom stereocenters. The average Bonchev–Trinajstić information content (AvgIpc) is 2.42. The zero-order chi connectivity index (χ0) is 14.9. The smallest absolute Gasteiger partial charge is 0.257 e. The minimum absolute atomic E-state index is 0.0281. The quantitative estimate of drug-likeness (QED) is 0.656. The molecule has 0 saturated heterocycles. The maximum Gasteiger partial charge on any atom is 0.257 e. The first-order chi connectivity index (χ1) is 9.40. The molecule has 20 heavy (non-hydrogen) atoms. The van der Waals surface area contributed by atoms with Gasteiger partial charge in [0.2, 0.25) is 5.56 Å². The molecule has 1 aromatic heterocycles. The van der Waals surface area contributed by atoms with E-state index in [2.05, 4.69) is 4.98 Å². The second kappa shape index (κ2) is 5.16. The summed E-state index contributed by atoms with van der Waals surface area (Å²) in [7, 11) is 0. The van der Waals surface area contributed by atoms with Gasteiger partial charge in [-0.1, -0.05) is 0 Å². The molecule has 2 rings (SSSR count). The maximum absolute atomic E-state index is 13.3. The number of amides is 1. The maximum atomic E-state index is 13.3. The summed E-state index contributed by atoms with van der Waals surface area (Å²) < 4.78 is 52.5. The summed E-state index contributed by atoms with van der Waals surface area (Å²) in [5, 5.41) is 1.70. The Labute approximate surface area is 109 Å². The molecule has 0 fully saturated rings.